The minimum absolute atomic E-state index is 0.0289. The Morgan fingerprint density at radius 3 is 2.43 bits per heavy atom. The van der Waals surface area contributed by atoms with Gasteiger partial charge in [0.2, 0.25) is 0 Å². The summed E-state index contributed by atoms with van der Waals surface area (Å²) in [6, 6.07) is 23.5. The van der Waals surface area contributed by atoms with Gasteiger partial charge >= 0.3 is 0 Å². The Balaban J connectivity index is 1.51. The van der Waals surface area contributed by atoms with E-state index in [1.807, 2.05) is 30.3 Å². The molecule has 2 heterocycles. The molecule has 3 aromatic carbocycles. The molecule has 1 aromatic heterocycles. The molecule has 1 fully saturated rings. The minimum atomic E-state index is -0.369. The van der Waals surface area contributed by atoms with E-state index < -0.39 is 0 Å². The van der Waals surface area contributed by atoms with E-state index in [4.69, 9.17) is 4.42 Å². The number of phenolic OH excluding ortho intramolecular Hbond substituents is 1. The van der Waals surface area contributed by atoms with Gasteiger partial charge in [-0.25, -0.2) is 0 Å². The lowest BCUT2D eigenvalue weighted by Crippen LogP contribution is -2.50. The maximum atomic E-state index is 13.6. The van der Waals surface area contributed by atoms with Crippen LogP contribution in [0.2, 0.25) is 0 Å². The molecule has 37 heavy (non-hydrogen) atoms. The number of rotatable bonds is 7. The molecule has 0 amide bonds. The summed E-state index contributed by atoms with van der Waals surface area (Å²) in [5.74, 6) is 0.976. The molecule has 0 aliphatic carbocycles. The number of hydrogen-bond donors (Lipinski definition) is 3. The summed E-state index contributed by atoms with van der Waals surface area (Å²) in [6.07, 6.45) is 1.95. The van der Waals surface area contributed by atoms with Crippen molar-refractivity contribution in [1.29, 1.82) is 0 Å². The topological polar surface area (TPSA) is 74.5 Å². The average molecular weight is 497 g/mol. The monoisotopic (exact) mass is 496 g/mol. The van der Waals surface area contributed by atoms with Crippen molar-refractivity contribution in [2.24, 2.45) is 5.92 Å². The van der Waals surface area contributed by atoms with E-state index in [-0.39, 0.29) is 28.3 Å². The van der Waals surface area contributed by atoms with Gasteiger partial charge in [-0.05, 0) is 56.4 Å². The van der Waals surface area contributed by atoms with Crippen LogP contribution in [0, 0.1) is 12.8 Å². The number of aryl methyl sites for hydroxylation is 1. The molecular formula is C32H36N2O3. The first kappa shape index (κ1) is 25.2. The maximum absolute atomic E-state index is 13.6. The predicted octanol–water partition coefficient (Wildman–Crippen LogP) is 5.79. The molecule has 1 aliphatic rings. The van der Waals surface area contributed by atoms with Crippen LogP contribution in [-0.4, -0.2) is 17.2 Å². The molecule has 0 spiro atoms. The third-order valence-corrected chi connectivity index (χ3v) is 7.39. The zero-order valence-corrected chi connectivity index (χ0v) is 22.1. The van der Waals surface area contributed by atoms with Crippen LogP contribution in [0.1, 0.15) is 55.2 Å². The minimum Gasteiger partial charge on any atom is -0.508 e. The second kappa shape index (κ2) is 9.81. The van der Waals surface area contributed by atoms with E-state index in [1.54, 1.807) is 12.1 Å². The Kier molecular flexibility index (Phi) is 6.69. The van der Waals surface area contributed by atoms with Crippen molar-refractivity contribution in [1.82, 2.24) is 10.6 Å². The average Bonchev–Trinajstić information content (AvgIpc) is 3.17. The van der Waals surface area contributed by atoms with Gasteiger partial charge in [-0.15, -0.1) is 0 Å². The van der Waals surface area contributed by atoms with Gasteiger partial charge in [0.05, 0.1) is 11.0 Å². The Labute approximate surface area is 218 Å². The zero-order valence-electron chi connectivity index (χ0n) is 22.1. The van der Waals surface area contributed by atoms with Gasteiger partial charge in [-0.2, -0.15) is 0 Å². The number of aromatic hydroxyl groups is 1. The van der Waals surface area contributed by atoms with E-state index in [0.29, 0.717) is 35.1 Å². The molecule has 5 rings (SSSR count). The first-order valence-electron chi connectivity index (χ1n) is 13.1. The van der Waals surface area contributed by atoms with E-state index in [1.165, 1.54) is 17.2 Å². The standard InChI is InChI=1S/C32H36N2O3/c1-21-10-12-24(13-11-21)32(33-20-31(3,4)34-32)19-22(2)16-28-27(17-23-8-6-5-7-9-23)30(36)26-15-14-25(35)18-29(26)37-28/h5-15,18,22,33-35H,16-17,19-20H2,1-4H3. The number of fused-ring (bicyclic) bond motifs is 1. The molecule has 2 atom stereocenters. The summed E-state index contributed by atoms with van der Waals surface area (Å²) in [7, 11) is 0. The number of phenols is 1. The van der Waals surface area contributed by atoms with Crippen molar-refractivity contribution in [3.8, 4) is 5.75 Å². The van der Waals surface area contributed by atoms with Gasteiger partial charge in [-0.3, -0.25) is 15.4 Å². The largest absolute Gasteiger partial charge is 0.508 e. The fraction of sp³-hybridized carbons (Fsp3) is 0.344. The van der Waals surface area contributed by atoms with E-state index in [9.17, 15) is 9.90 Å². The highest BCUT2D eigenvalue weighted by Crippen LogP contribution is 2.35. The lowest BCUT2D eigenvalue weighted by molar-refractivity contribution is 0.239. The van der Waals surface area contributed by atoms with Crippen LogP contribution < -0.4 is 16.1 Å². The summed E-state index contributed by atoms with van der Waals surface area (Å²) in [4.78, 5) is 13.6. The van der Waals surface area contributed by atoms with Crippen molar-refractivity contribution < 1.29 is 9.52 Å². The van der Waals surface area contributed by atoms with Crippen LogP contribution >= 0.6 is 0 Å². The van der Waals surface area contributed by atoms with Crippen LogP contribution in [0.15, 0.2) is 82.0 Å². The van der Waals surface area contributed by atoms with Gasteiger partial charge in [0.15, 0.2) is 5.43 Å². The fourth-order valence-corrected chi connectivity index (χ4v) is 5.61. The van der Waals surface area contributed by atoms with Gasteiger partial charge in [0.1, 0.15) is 17.1 Å². The second-order valence-corrected chi connectivity index (χ2v) is 11.3. The van der Waals surface area contributed by atoms with Crippen molar-refractivity contribution in [2.75, 3.05) is 6.54 Å². The SMILES string of the molecule is Cc1ccc(C2(CC(C)Cc3oc4cc(O)ccc4c(=O)c3Cc3ccccc3)NCC(C)(C)N2)cc1. The number of nitrogens with one attached hydrogen (secondary N) is 2. The quantitative estimate of drug-likeness (QED) is 0.302. The fourth-order valence-electron chi connectivity index (χ4n) is 5.61. The van der Waals surface area contributed by atoms with Crippen molar-refractivity contribution in [2.45, 2.75) is 58.2 Å². The molecule has 192 valence electrons. The summed E-state index contributed by atoms with van der Waals surface area (Å²) in [5.41, 5.74) is 4.18. The van der Waals surface area contributed by atoms with E-state index in [0.717, 1.165) is 18.5 Å². The smallest absolute Gasteiger partial charge is 0.196 e. The summed E-state index contributed by atoms with van der Waals surface area (Å²) >= 11 is 0. The molecule has 1 saturated heterocycles. The first-order valence-corrected chi connectivity index (χ1v) is 13.1. The van der Waals surface area contributed by atoms with Crippen LogP contribution in [-0.2, 0) is 18.5 Å². The molecule has 1 aliphatic heterocycles. The highest BCUT2D eigenvalue weighted by atomic mass is 16.3. The third-order valence-electron chi connectivity index (χ3n) is 7.39. The lowest BCUT2D eigenvalue weighted by Gasteiger charge is -2.35. The van der Waals surface area contributed by atoms with E-state index in [2.05, 4.69) is 62.6 Å². The highest BCUT2D eigenvalue weighted by molar-refractivity contribution is 5.78. The van der Waals surface area contributed by atoms with Crippen molar-refractivity contribution in [3.05, 3.63) is 111 Å². The normalized spacial score (nSPS) is 19.8. The molecule has 3 N–H and O–H groups in total. The second-order valence-electron chi connectivity index (χ2n) is 11.3. The number of benzene rings is 3. The number of hydrogen-bond acceptors (Lipinski definition) is 5. The summed E-state index contributed by atoms with van der Waals surface area (Å²) < 4.78 is 6.36. The molecule has 0 radical (unpaired) electrons. The molecule has 2 unspecified atom stereocenters. The predicted molar refractivity (Wildman–Crippen MR) is 149 cm³/mol. The molecule has 0 bridgehead atoms. The van der Waals surface area contributed by atoms with Gasteiger partial charge in [0, 0.05) is 36.6 Å². The van der Waals surface area contributed by atoms with Gasteiger partial charge < -0.3 is 9.52 Å². The van der Waals surface area contributed by atoms with Crippen LogP contribution in [0.25, 0.3) is 11.0 Å². The Morgan fingerprint density at radius 2 is 1.76 bits per heavy atom. The van der Waals surface area contributed by atoms with Gasteiger partial charge in [0.25, 0.3) is 0 Å². The van der Waals surface area contributed by atoms with E-state index >= 15 is 0 Å². The Hall–Kier alpha value is -3.41. The zero-order chi connectivity index (χ0) is 26.2. The third kappa shape index (κ3) is 5.34. The van der Waals surface area contributed by atoms with Crippen molar-refractivity contribution >= 4 is 11.0 Å². The van der Waals surface area contributed by atoms with Crippen LogP contribution in [0.4, 0.5) is 0 Å². The lowest BCUT2D eigenvalue weighted by atomic mass is 9.86. The molecule has 4 aromatic rings. The molecule has 0 saturated carbocycles. The first-order chi connectivity index (χ1) is 17.6. The highest BCUT2D eigenvalue weighted by Gasteiger charge is 2.44. The Morgan fingerprint density at radius 1 is 1.03 bits per heavy atom. The summed E-state index contributed by atoms with van der Waals surface area (Å²) in [6.45, 7) is 9.61. The molecular weight excluding hydrogens is 460 g/mol. The van der Waals surface area contributed by atoms with Crippen molar-refractivity contribution in [3.63, 3.8) is 0 Å². The molecule has 5 heteroatoms. The molecule has 5 nitrogen and oxygen atoms in total. The van der Waals surface area contributed by atoms with Crippen LogP contribution in [0.5, 0.6) is 5.75 Å². The maximum Gasteiger partial charge on any atom is 0.196 e. The Bertz CT molecular complexity index is 1460. The van der Waals surface area contributed by atoms with Crippen LogP contribution in [0.3, 0.4) is 0 Å². The van der Waals surface area contributed by atoms with Gasteiger partial charge in [-0.1, -0.05) is 67.1 Å². The summed E-state index contributed by atoms with van der Waals surface area (Å²) in [5, 5.41) is 18.2.